The molecule has 4 rings (SSSR count). The van der Waals surface area contributed by atoms with Gasteiger partial charge in [-0.3, -0.25) is 29.4 Å². The van der Waals surface area contributed by atoms with Crippen molar-refractivity contribution in [1.82, 2.24) is 10.2 Å². The van der Waals surface area contributed by atoms with Crippen LogP contribution in [0, 0.1) is 5.92 Å². The number of imide groups is 2. The van der Waals surface area contributed by atoms with E-state index in [1.807, 2.05) is 4.90 Å². The van der Waals surface area contributed by atoms with Gasteiger partial charge in [-0.1, -0.05) is 0 Å². The van der Waals surface area contributed by atoms with Gasteiger partial charge in [-0.15, -0.1) is 0 Å². The molecule has 10 heteroatoms. The van der Waals surface area contributed by atoms with Crippen molar-refractivity contribution in [1.29, 1.82) is 0 Å². The molecular formula is C21H24N4O6. The maximum Gasteiger partial charge on any atom is 0.328 e. The van der Waals surface area contributed by atoms with Crippen molar-refractivity contribution in [3.05, 3.63) is 29.3 Å². The van der Waals surface area contributed by atoms with E-state index in [9.17, 15) is 24.0 Å². The molecule has 1 aromatic rings. The summed E-state index contributed by atoms with van der Waals surface area (Å²) in [5, 5.41) is 2.18. The van der Waals surface area contributed by atoms with Crippen LogP contribution in [0.3, 0.4) is 0 Å². The molecule has 2 fully saturated rings. The van der Waals surface area contributed by atoms with E-state index in [0.717, 1.165) is 11.3 Å². The van der Waals surface area contributed by atoms with Gasteiger partial charge in [0.15, 0.2) is 0 Å². The van der Waals surface area contributed by atoms with Gasteiger partial charge in [0, 0.05) is 18.7 Å². The van der Waals surface area contributed by atoms with Crippen LogP contribution in [0.15, 0.2) is 18.2 Å². The first-order chi connectivity index (χ1) is 14.8. The number of nitrogens with one attached hydrogen (secondary N) is 1. The Kier molecular flexibility index (Phi) is 5.48. The number of rotatable bonds is 4. The van der Waals surface area contributed by atoms with E-state index >= 15 is 0 Å². The quantitative estimate of drug-likeness (QED) is 0.497. The van der Waals surface area contributed by atoms with Gasteiger partial charge in [-0.2, -0.15) is 0 Å². The maximum absolute atomic E-state index is 13.1. The molecule has 1 aromatic carbocycles. The normalized spacial score (nSPS) is 26.1. The lowest BCUT2D eigenvalue weighted by Crippen LogP contribution is -2.54. The Morgan fingerprint density at radius 2 is 1.87 bits per heavy atom. The zero-order chi connectivity index (χ0) is 22.3. The minimum Gasteiger partial charge on any atom is -0.467 e. The number of methoxy groups -OCH3 is 1. The number of piperidine rings is 2. The molecule has 3 aliphatic rings. The fourth-order valence-electron chi connectivity index (χ4n) is 4.54. The van der Waals surface area contributed by atoms with Crippen molar-refractivity contribution in [2.75, 3.05) is 25.1 Å². The van der Waals surface area contributed by atoms with Gasteiger partial charge in [0.05, 0.1) is 18.2 Å². The number of anilines is 1. The fourth-order valence-corrected chi connectivity index (χ4v) is 4.54. The molecule has 3 atom stereocenters. The number of nitrogens with two attached hydrogens (primary N) is 1. The molecule has 3 unspecified atom stereocenters. The lowest BCUT2D eigenvalue weighted by atomic mass is 9.91. The molecule has 3 aliphatic heterocycles. The summed E-state index contributed by atoms with van der Waals surface area (Å²) in [4.78, 5) is 64.7. The van der Waals surface area contributed by atoms with Gasteiger partial charge in [0.25, 0.3) is 11.8 Å². The number of nitrogens with zero attached hydrogens (tertiary/aromatic N) is 2. The van der Waals surface area contributed by atoms with E-state index < -0.39 is 35.7 Å². The Hall–Kier alpha value is -3.27. The molecular weight excluding hydrogens is 404 g/mol. The number of ether oxygens (including phenoxy) is 1. The highest BCUT2D eigenvalue weighted by Crippen LogP contribution is 2.34. The summed E-state index contributed by atoms with van der Waals surface area (Å²) < 4.78 is 4.94. The predicted octanol–water partition coefficient (Wildman–Crippen LogP) is -0.195. The van der Waals surface area contributed by atoms with Gasteiger partial charge in [0.2, 0.25) is 11.8 Å². The van der Waals surface area contributed by atoms with Crippen LogP contribution in [0.25, 0.3) is 0 Å². The number of carbonyl (C=O) groups is 5. The van der Waals surface area contributed by atoms with Crippen molar-refractivity contribution < 1.29 is 28.7 Å². The molecule has 0 aliphatic carbocycles. The lowest BCUT2D eigenvalue weighted by Gasteiger charge is -2.39. The van der Waals surface area contributed by atoms with E-state index in [0.29, 0.717) is 25.2 Å². The molecule has 3 heterocycles. The molecule has 0 spiro atoms. The van der Waals surface area contributed by atoms with Gasteiger partial charge < -0.3 is 15.4 Å². The largest absolute Gasteiger partial charge is 0.467 e. The topological polar surface area (TPSA) is 139 Å². The summed E-state index contributed by atoms with van der Waals surface area (Å²) >= 11 is 0. The van der Waals surface area contributed by atoms with Gasteiger partial charge >= 0.3 is 5.97 Å². The second-order valence-electron chi connectivity index (χ2n) is 8.05. The van der Waals surface area contributed by atoms with Crippen molar-refractivity contribution >= 4 is 35.3 Å². The van der Waals surface area contributed by atoms with Gasteiger partial charge in [0.1, 0.15) is 12.1 Å². The number of fused-ring (bicyclic) bond motifs is 1. The summed E-state index contributed by atoms with van der Waals surface area (Å²) in [6.07, 6.45) is 1.52. The van der Waals surface area contributed by atoms with Crippen LogP contribution in [-0.2, 0) is 19.1 Å². The third-order valence-corrected chi connectivity index (χ3v) is 6.24. The Balaban J connectivity index is 1.65. The summed E-state index contributed by atoms with van der Waals surface area (Å²) in [6.45, 7) is 0.990. The summed E-state index contributed by atoms with van der Waals surface area (Å²) in [6, 6.07) is 3.28. The number of benzene rings is 1. The van der Waals surface area contributed by atoms with Crippen molar-refractivity contribution in [3.63, 3.8) is 0 Å². The fraction of sp³-hybridized carbons (Fsp3) is 0.476. The third kappa shape index (κ3) is 3.56. The van der Waals surface area contributed by atoms with E-state index in [1.165, 1.54) is 13.2 Å². The van der Waals surface area contributed by atoms with Crippen LogP contribution in [-0.4, -0.2) is 66.8 Å². The van der Waals surface area contributed by atoms with Crippen LogP contribution < -0.4 is 16.0 Å². The molecule has 0 bridgehead atoms. The number of hydrogen-bond donors (Lipinski definition) is 2. The molecule has 164 valence electrons. The molecule has 0 aromatic heterocycles. The number of carbonyl (C=O) groups excluding carboxylic acids is 5. The van der Waals surface area contributed by atoms with Crippen LogP contribution in [0.4, 0.5) is 5.69 Å². The number of esters is 1. The second kappa shape index (κ2) is 8.10. The van der Waals surface area contributed by atoms with Crippen molar-refractivity contribution in [2.24, 2.45) is 11.7 Å². The van der Waals surface area contributed by atoms with Crippen LogP contribution in [0.5, 0.6) is 0 Å². The van der Waals surface area contributed by atoms with Crippen LogP contribution >= 0.6 is 0 Å². The highest BCUT2D eigenvalue weighted by molar-refractivity contribution is 6.23. The summed E-state index contributed by atoms with van der Waals surface area (Å²) in [7, 11) is 1.33. The van der Waals surface area contributed by atoms with E-state index in [4.69, 9.17) is 10.5 Å². The Morgan fingerprint density at radius 3 is 2.55 bits per heavy atom. The zero-order valence-electron chi connectivity index (χ0n) is 17.1. The molecule has 4 amide bonds. The smallest absolute Gasteiger partial charge is 0.328 e. The van der Waals surface area contributed by atoms with Crippen molar-refractivity contribution in [3.8, 4) is 0 Å². The Labute approximate surface area is 178 Å². The second-order valence-corrected chi connectivity index (χ2v) is 8.05. The average Bonchev–Trinajstić information content (AvgIpc) is 3.02. The highest BCUT2D eigenvalue weighted by atomic mass is 16.5. The molecule has 2 saturated heterocycles. The molecule has 3 N–H and O–H groups in total. The summed E-state index contributed by atoms with van der Waals surface area (Å²) in [5.74, 6) is -2.41. The molecule has 10 nitrogen and oxygen atoms in total. The first-order valence-electron chi connectivity index (χ1n) is 10.3. The third-order valence-electron chi connectivity index (χ3n) is 6.24. The van der Waals surface area contributed by atoms with Gasteiger partial charge in [-0.25, -0.2) is 4.79 Å². The van der Waals surface area contributed by atoms with Gasteiger partial charge in [-0.05, 0) is 49.9 Å². The minimum atomic E-state index is -1.02. The van der Waals surface area contributed by atoms with Crippen molar-refractivity contribution in [2.45, 2.75) is 37.8 Å². The molecule has 0 radical (unpaired) electrons. The van der Waals surface area contributed by atoms with E-state index in [-0.39, 0.29) is 35.9 Å². The monoisotopic (exact) mass is 428 g/mol. The number of amides is 4. The first-order valence-corrected chi connectivity index (χ1v) is 10.3. The zero-order valence-corrected chi connectivity index (χ0v) is 17.1. The molecule has 0 saturated carbocycles. The van der Waals surface area contributed by atoms with Crippen LogP contribution in [0.1, 0.15) is 46.4 Å². The predicted molar refractivity (Wildman–Crippen MR) is 108 cm³/mol. The molecule has 31 heavy (non-hydrogen) atoms. The van der Waals surface area contributed by atoms with Crippen LogP contribution in [0.2, 0.25) is 0 Å². The van der Waals surface area contributed by atoms with E-state index in [2.05, 4.69) is 5.32 Å². The SMILES string of the molecule is COC(=O)C1CCC(CN)CN1c1ccc2c(c1)C(=O)N(C1CCC(=O)NC1=O)C2=O. The maximum atomic E-state index is 13.1. The number of hydrogen-bond acceptors (Lipinski definition) is 8. The first kappa shape index (κ1) is 21.0. The Bertz CT molecular complexity index is 977. The van der Waals surface area contributed by atoms with E-state index in [1.54, 1.807) is 12.1 Å². The lowest BCUT2D eigenvalue weighted by molar-refractivity contribution is -0.143. The average molecular weight is 428 g/mol. The standard InChI is InChI=1S/C21H24N4O6/c1-31-21(30)16-5-2-11(9-22)10-24(16)12-3-4-13-14(8-12)20(29)25(19(13)28)15-6-7-17(26)23-18(15)27/h3-4,8,11,15-16H,2,5-7,9-10,22H2,1H3,(H,23,26,27). The summed E-state index contributed by atoms with van der Waals surface area (Å²) in [5.41, 5.74) is 6.82. The Morgan fingerprint density at radius 1 is 1.13 bits per heavy atom. The highest BCUT2D eigenvalue weighted by Gasteiger charge is 2.45. The minimum absolute atomic E-state index is 0.0596.